The van der Waals surface area contributed by atoms with Crippen LogP contribution in [0.25, 0.3) is 5.70 Å². The Morgan fingerprint density at radius 1 is 1.15 bits per heavy atom. The molecule has 0 aliphatic heterocycles. The number of benzene rings is 1. The number of nitrogens with two attached hydrogens (primary N) is 1. The average Bonchev–Trinajstić information content (AvgIpc) is 3.09. The van der Waals surface area contributed by atoms with E-state index >= 15 is 0 Å². The molecule has 2 N–H and O–H groups in total. The lowest BCUT2D eigenvalue weighted by Gasteiger charge is -2.11. The van der Waals surface area contributed by atoms with Gasteiger partial charge in [-0.2, -0.15) is 10.4 Å². The Labute approximate surface area is 198 Å². The van der Waals surface area contributed by atoms with E-state index in [0.29, 0.717) is 25.0 Å². The van der Waals surface area contributed by atoms with Crippen LogP contribution in [0.5, 0.6) is 5.75 Å². The lowest BCUT2D eigenvalue weighted by molar-refractivity contribution is -0.117. The molecule has 1 aliphatic carbocycles. The van der Waals surface area contributed by atoms with E-state index in [-0.39, 0.29) is 12.3 Å². The minimum atomic E-state index is -0.352. The molecule has 176 valence electrons. The molecule has 3 rings (SSSR count). The quantitative estimate of drug-likeness (QED) is 0.604. The smallest absolute Gasteiger partial charge is 0.221 e. The van der Waals surface area contributed by atoms with Gasteiger partial charge in [-0.15, -0.1) is 0 Å². The van der Waals surface area contributed by atoms with Crippen molar-refractivity contribution in [2.75, 3.05) is 0 Å². The van der Waals surface area contributed by atoms with Gasteiger partial charge in [0.2, 0.25) is 5.91 Å². The zero-order valence-corrected chi connectivity index (χ0v) is 20.7. The van der Waals surface area contributed by atoms with Gasteiger partial charge in [0.15, 0.2) is 0 Å². The van der Waals surface area contributed by atoms with Crippen LogP contribution in [0.1, 0.15) is 63.1 Å². The van der Waals surface area contributed by atoms with Gasteiger partial charge in [0.05, 0.1) is 18.2 Å². The van der Waals surface area contributed by atoms with Gasteiger partial charge < -0.3 is 10.5 Å². The van der Waals surface area contributed by atoms with Gasteiger partial charge in [0.1, 0.15) is 12.4 Å². The van der Waals surface area contributed by atoms with Crippen molar-refractivity contribution < 1.29 is 9.53 Å². The molecule has 0 bridgehead atoms. The highest BCUT2D eigenvalue weighted by molar-refractivity contribution is 5.76. The third-order valence-electron chi connectivity index (χ3n) is 4.84. The Bertz CT molecular complexity index is 1040. The van der Waals surface area contributed by atoms with Gasteiger partial charge in [-0.3, -0.25) is 4.79 Å². The molecule has 0 saturated heterocycles. The van der Waals surface area contributed by atoms with E-state index in [0.717, 1.165) is 34.0 Å². The number of amides is 1. The molecular weight excluding hydrogens is 412 g/mol. The number of hydrogen-bond donors (Lipinski definition) is 1. The maximum Gasteiger partial charge on any atom is 0.221 e. The molecule has 0 unspecified atom stereocenters. The fraction of sp³-hybridized carbons (Fsp3) is 0.370. The number of carbonyl (C=O) groups excluding carboxylic acids is 1. The van der Waals surface area contributed by atoms with Crippen molar-refractivity contribution in [3.63, 3.8) is 0 Å². The van der Waals surface area contributed by atoms with E-state index < -0.39 is 0 Å². The summed E-state index contributed by atoms with van der Waals surface area (Å²) in [5.41, 5.74) is 10.9. The summed E-state index contributed by atoms with van der Waals surface area (Å²) in [5, 5.41) is 13.7. The second-order valence-electron chi connectivity index (χ2n) is 6.95. The summed E-state index contributed by atoms with van der Waals surface area (Å²) in [6.07, 6.45) is 9.48. The Kier molecular flexibility index (Phi) is 12.0. The normalized spacial score (nSPS) is 14.9. The molecule has 0 radical (unpaired) electrons. The van der Waals surface area contributed by atoms with Crippen LogP contribution in [0, 0.1) is 25.2 Å². The molecular formula is C27H36N4O2. The van der Waals surface area contributed by atoms with E-state index in [1.54, 1.807) is 0 Å². The van der Waals surface area contributed by atoms with Crippen molar-refractivity contribution in [1.82, 2.24) is 9.78 Å². The van der Waals surface area contributed by atoms with Gasteiger partial charge in [0.25, 0.3) is 0 Å². The average molecular weight is 449 g/mol. The fourth-order valence-electron chi connectivity index (χ4n) is 3.26. The van der Waals surface area contributed by atoms with Crippen LogP contribution >= 0.6 is 0 Å². The summed E-state index contributed by atoms with van der Waals surface area (Å²) in [4.78, 5) is 11.0. The van der Waals surface area contributed by atoms with E-state index in [4.69, 9.17) is 20.8 Å². The predicted molar refractivity (Wildman–Crippen MR) is 134 cm³/mol. The van der Waals surface area contributed by atoms with Crippen LogP contribution in [-0.4, -0.2) is 15.7 Å². The first-order valence-corrected chi connectivity index (χ1v) is 11.5. The Hall–Kier alpha value is -3.59. The second kappa shape index (κ2) is 14.5. The number of carbonyl (C=O) groups is 1. The second-order valence-corrected chi connectivity index (χ2v) is 6.95. The van der Waals surface area contributed by atoms with Crippen LogP contribution < -0.4 is 10.5 Å². The number of allylic oxidation sites excluding steroid dienone is 6. The molecule has 0 saturated carbocycles. The van der Waals surface area contributed by atoms with Crippen LogP contribution in [0.15, 0.2) is 54.1 Å². The topological polar surface area (TPSA) is 93.9 Å². The molecule has 2 aromatic rings. The Morgan fingerprint density at radius 2 is 1.82 bits per heavy atom. The molecule has 33 heavy (non-hydrogen) atoms. The summed E-state index contributed by atoms with van der Waals surface area (Å²) in [5.74, 6) is 0.377. The monoisotopic (exact) mass is 448 g/mol. The van der Waals surface area contributed by atoms with Crippen LogP contribution in [0.2, 0.25) is 0 Å². The van der Waals surface area contributed by atoms with Gasteiger partial charge in [-0.05, 0) is 44.0 Å². The van der Waals surface area contributed by atoms with Crippen LogP contribution in [0.3, 0.4) is 0 Å². The minimum absolute atomic E-state index is 0.222. The van der Waals surface area contributed by atoms with Gasteiger partial charge in [-0.25, -0.2) is 4.68 Å². The van der Waals surface area contributed by atoms with E-state index in [1.807, 2.05) is 88.7 Å². The minimum Gasteiger partial charge on any atom is -0.489 e. The van der Waals surface area contributed by atoms with Crippen molar-refractivity contribution in [2.24, 2.45) is 5.73 Å². The van der Waals surface area contributed by atoms with Crippen LogP contribution in [0.4, 0.5) is 0 Å². The van der Waals surface area contributed by atoms with Gasteiger partial charge in [-0.1, -0.05) is 58.1 Å². The summed E-state index contributed by atoms with van der Waals surface area (Å²) in [6.45, 7) is 12.4. The zero-order valence-electron chi connectivity index (χ0n) is 20.7. The molecule has 1 amide bonds. The van der Waals surface area contributed by atoms with Crippen molar-refractivity contribution in [3.8, 4) is 11.8 Å². The van der Waals surface area contributed by atoms with E-state index in [2.05, 4.69) is 12.1 Å². The number of hydrogen-bond acceptors (Lipinski definition) is 4. The molecule has 6 heteroatoms. The highest BCUT2D eigenvalue weighted by atomic mass is 16.5. The third kappa shape index (κ3) is 8.12. The molecule has 0 spiro atoms. The molecule has 6 nitrogen and oxygen atoms in total. The van der Waals surface area contributed by atoms with Crippen molar-refractivity contribution in [1.29, 1.82) is 5.26 Å². The lowest BCUT2D eigenvalue weighted by atomic mass is 10.1. The summed E-state index contributed by atoms with van der Waals surface area (Å²) in [7, 11) is 0. The number of rotatable bonds is 6. The molecule has 1 aliphatic rings. The number of ether oxygens (including phenoxy) is 1. The SMILES string of the molecule is CC.CC.Cc1nn(/C2=C/CC=C(C#N)/C=C\C2)c(C)c1COc1ccc(CC(N)=O)cc1. The molecule has 0 fully saturated rings. The summed E-state index contributed by atoms with van der Waals surface area (Å²) in [6, 6.07) is 9.55. The lowest BCUT2D eigenvalue weighted by Crippen LogP contribution is -2.13. The first-order chi connectivity index (χ1) is 16.0. The first-order valence-electron chi connectivity index (χ1n) is 11.5. The fourth-order valence-corrected chi connectivity index (χ4v) is 3.26. The third-order valence-corrected chi connectivity index (χ3v) is 4.84. The Balaban J connectivity index is 0.00000129. The Morgan fingerprint density at radius 3 is 2.42 bits per heavy atom. The maximum absolute atomic E-state index is 11.0. The first kappa shape index (κ1) is 27.4. The van der Waals surface area contributed by atoms with Gasteiger partial charge >= 0.3 is 0 Å². The number of nitriles is 1. The largest absolute Gasteiger partial charge is 0.489 e. The number of nitrogens with zero attached hydrogens (tertiary/aromatic N) is 3. The maximum atomic E-state index is 11.0. The van der Waals surface area contributed by atoms with Crippen molar-refractivity contribution in [2.45, 2.75) is 67.4 Å². The molecule has 1 aromatic carbocycles. The van der Waals surface area contributed by atoms with E-state index in [1.165, 1.54) is 0 Å². The standard InChI is InChI=1S/C23H24N4O2.2C2H6/c1-16-22(15-29-21-11-9-18(10-12-21)13-23(25)28)17(2)27(26-16)20-7-3-5-19(14-24)6-4-8-20;2*1-2/h3,5-6,8-12H,4,7,13,15H2,1-2H3,(H2,25,28);2*1-2H3/b5-3-,19-6?,20-8+;;. The van der Waals surface area contributed by atoms with Crippen molar-refractivity contribution >= 4 is 11.6 Å². The highest BCUT2D eigenvalue weighted by Gasteiger charge is 2.15. The highest BCUT2D eigenvalue weighted by Crippen LogP contribution is 2.23. The van der Waals surface area contributed by atoms with Crippen LogP contribution in [-0.2, 0) is 17.8 Å². The van der Waals surface area contributed by atoms with Crippen molar-refractivity contribution in [3.05, 3.63) is 76.7 Å². The zero-order chi connectivity index (χ0) is 24.8. The van der Waals surface area contributed by atoms with Gasteiger partial charge in [0, 0.05) is 28.9 Å². The number of primary amides is 1. The predicted octanol–water partition coefficient (Wildman–Crippen LogP) is 5.80. The molecule has 0 atom stereocenters. The number of aryl methyl sites for hydroxylation is 1. The summed E-state index contributed by atoms with van der Waals surface area (Å²) >= 11 is 0. The summed E-state index contributed by atoms with van der Waals surface area (Å²) < 4.78 is 7.90. The molecule has 1 heterocycles. The molecule has 1 aromatic heterocycles. The number of aromatic nitrogens is 2. The van der Waals surface area contributed by atoms with E-state index in [9.17, 15) is 4.79 Å².